The zero-order chi connectivity index (χ0) is 18.6. The van der Waals surface area contributed by atoms with Crippen LogP contribution in [-0.4, -0.2) is 26.8 Å². The Balaban J connectivity index is 1.43. The van der Waals surface area contributed by atoms with Crippen LogP contribution < -0.4 is 10.6 Å². The van der Waals surface area contributed by atoms with Gasteiger partial charge in [0.15, 0.2) is 0 Å². The highest BCUT2D eigenvalue weighted by Crippen LogP contribution is 2.18. The van der Waals surface area contributed by atoms with Crippen LogP contribution in [0.3, 0.4) is 0 Å². The van der Waals surface area contributed by atoms with Gasteiger partial charge in [-0.3, -0.25) is 9.59 Å². The van der Waals surface area contributed by atoms with Gasteiger partial charge in [-0.25, -0.2) is 4.68 Å². The predicted octanol–water partition coefficient (Wildman–Crippen LogP) is 3.38. The molecule has 4 aromatic rings. The minimum atomic E-state index is -0.229. The maximum absolute atomic E-state index is 12.4. The fourth-order valence-electron chi connectivity index (χ4n) is 2.65. The van der Waals surface area contributed by atoms with Gasteiger partial charge in [-0.15, -0.1) is 16.4 Å². The van der Waals surface area contributed by atoms with Gasteiger partial charge in [0.2, 0.25) is 5.91 Å². The molecule has 4 rings (SSSR count). The number of anilines is 2. The first-order chi connectivity index (χ1) is 13.2. The number of nitrogens with zero attached hydrogens (tertiary/aromatic N) is 3. The Labute approximate surface area is 158 Å². The van der Waals surface area contributed by atoms with Crippen molar-refractivity contribution in [3.63, 3.8) is 0 Å². The van der Waals surface area contributed by atoms with Crippen LogP contribution in [0.2, 0.25) is 0 Å². The molecule has 0 spiro atoms. The number of benzene rings is 2. The SMILES string of the molecule is O=C(Cn1nnc2ccccc21)Nc1cccc(NC(=O)c2cccs2)c1. The molecule has 2 N–H and O–H groups in total. The molecule has 2 amide bonds. The van der Waals surface area contributed by atoms with E-state index < -0.39 is 0 Å². The first kappa shape index (κ1) is 16.9. The minimum Gasteiger partial charge on any atom is -0.324 e. The first-order valence-electron chi connectivity index (χ1n) is 8.22. The molecule has 0 saturated carbocycles. The minimum absolute atomic E-state index is 0.0479. The van der Waals surface area contributed by atoms with E-state index in [0.29, 0.717) is 16.3 Å². The van der Waals surface area contributed by atoms with Crippen LogP contribution in [0.15, 0.2) is 66.0 Å². The van der Waals surface area contributed by atoms with Crippen LogP contribution in [0.1, 0.15) is 9.67 Å². The molecule has 27 heavy (non-hydrogen) atoms. The Morgan fingerprint density at radius 2 is 1.78 bits per heavy atom. The number of hydrogen-bond donors (Lipinski definition) is 2. The van der Waals surface area contributed by atoms with Crippen molar-refractivity contribution >= 4 is 45.6 Å². The summed E-state index contributed by atoms with van der Waals surface area (Å²) in [6.07, 6.45) is 0. The Hall–Kier alpha value is -3.52. The van der Waals surface area contributed by atoms with Gasteiger partial charge in [-0.05, 0) is 41.8 Å². The summed E-state index contributed by atoms with van der Waals surface area (Å²) in [4.78, 5) is 25.1. The average Bonchev–Trinajstić information content (AvgIpc) is 3.33. The molecule has 0 aliphatic rings. The van der Waals surface area contributed by atoms with E-state index in [0.717, 1.165) is 11.0 Å². The average molecular weight is 377 g/mol. The quantitative estimate of drug-likeness (QED) is 0.558. The summed E-state index contributed by atoms with van der Waals surface area (Å²) in [6, 6.07) is 18.0. The zero-order valence-electron chi connectivity index (χ0n) is 14.1. The van der Waals surface area contributed by atoms with Crippen LogP contribution in [0.4, 0.5) is 11.4 Å². The van der Waals surface area contributed by atoms with E-state index in [1.807, 2.05) is 35.7 Å². The monoisotopic (exact) mass is 377 g/mol. The van der Waals surface area contributed by atoms with Crippen molar-refractivity contribution in [3.05, 3.63) is 70.9 Å². The van der Waals surface area contributed by atoms with Crippen molar-refractivity contribution in [1.82, 2.24) is 15.0 Å². The van der Waals surface area contributed by atoms with Crippen molar-refractivity contribution in [2.24, 2.45) is 0 Å². The summed E-state index contributed by atoms with van der Waals surface area (Å²) >= 11 is 1.37. The number of rotatable bonds is 5. The second kappa shape index (κ2) is 7.38. The van der Waals surface area contributed by atoms with E-state index in [9.17, 15) is 9.59 Å². The summed E-state index contributed by atoms with van der Waals surface area (Å²) < 4.78 is 1.55. The predicted molar refractivity (Wildman–Crippen MR) is 105 cm³/mol. The van der Waals surface area contributed by atoms with Gasteiger partial charge in [0.25, 0.3) is 5.91 Å². The van der Waals surface area contributed by atoms with Crippen LogP contribution in [-0.2, 0) is 11.3 Å². The molecule has 134 valence electrons. The Morgan fingerprint density at radius 1 is 0.963 bits per heavy atom. The summed E-state index contributed by atoms with van der Waals surface area (Å²) in [6.45, 7) is 0.0479. The summed E-state index contributed by atoms with van der Waals surface area (Å²) in [7, 11) is 0. The van der Waals surface area contributed by atoms with Gasteiger partial charge in [-0.1, -0.05) is 29.5 Å². The lowest BCUT2D eigenvalue weighted by Gasteiger charge is -2.08. The molecule has 0 atom stereocenters. The molecular weight excluding hydrogens is 362 g/mol. The highest BCUT2D eigenvalue weighted by atomic mass is 32.1. The number of carbonyl (C=O) groups excluding carboxylic acids is 2. The van der Waals surface area contributed by atoms with Gasteiger partial charge in [-0.2, -0.15) is 0 Å². The molecule has 0 radical (unpaired) electrons. The molecule has 2 heterocycles. The van der Waals surface area contributed by atoms with Crippen molar-refractivity contribution in [2.75, 3.05) is 10.6 Å². The molecule has 2 aromatic carbocycles. The van der Waals surface area contributed by atoms with Crippen molar-refractivity contribution in [2.45, 2.75) is 6.54 Å². The number of thiophene rings is 1. The van der Waals surface area contributed by atoms with E-state index in [1.165, 1.54) is 11.3 Å². The third-order valence-corrected chi connectivity index (χ3v) is 4.73. The third kappa shape index (κ3) is 3.85. The first-order valence-corrected chi connectivity index (χ1v) is 9.10. The number of para-hydroxylation sites is 1. The molecule has 0 bridgehead atoms. The van der Waals surface area contributed by atoms with Gasteiger partial charge >= 0.3 is 0 Å². The molecule has 8 heteroatoms. The lowest BCUT2D eigenvalue weighted by molar-refractivity contribution is -0.116. The van der Waals surface area contributed by atoms with Crippen LogP contribution in [0, 0.1) is 0 Å². The van der Waals surface area contributed by atoms with E-state index in [2.05, 4.69) is 20.9 Å². The van der Waals surface area contributed by atoms with Crippen molar-refractivity contribution in [3.8, 4) is 0 Å². The van der Waals surface area contributed by atoms with E-state index in [4.69, 9.17) is 0 Å². The normalized spacial score (nSPS) is 10.7. The molecule has 2 aromatic heterocycles. The molecule has 0 aliphatic carbocycles. The largest absolute Gasteiger partial charge is 0.324 e. The number of hydrogen-bond acceptors (Lipinski definition) is 5. The van der Waals surface area contributed by atoms with Crippen LogP contribution in [0.25, 0.3) is 11.0 Å². The van der Waals surface area contributed by atoms with Gasteiger partial charge in [0.05, 0.1) is 10.4 Å². The van der Waals surface area contributed by atoms with Crippen LogP contribution >= 0.6 is 11.3 Å². The van der Waals surface area contributed by atoms with E-state index in [-0.39, 0.29) is 18.4 Å². The molecule has 0 saturated heterocycles. The second-order valence-electron chi connectivity index (χ2n) is 5.80. The number of aromatic nitrogens is 3. The van der Waals surface area contributed by atoms with Gasteiger partial charge in [0, 0.05) is 11.4 Å². The van der Waals surface area contributed by atoms with E-state index in [1.54, 1.807) is 35.0 Å². The van der Waals surface area contributed by atoms with Crippen molar-refractivity contribution in [1.29, 1.82) is 0 Å². The fraction of sp³-hybridized carbons (Fsp3) is 0.0526. The van der Waals surface area contributed by atoms with Gasteiger partial charge < -0.3 is 10.6 Å². The molecule has 0 fully saturated rings. The molecule has 7 nitrogen and oxygen atoms in total. The topological polar surface area (TPSA) is 88.9 Å². The number of carbonyl (C=O) groups is 2. The highest BCUT2D eigenvalue weighted by Gasteiger charge is 2.10. The van der Waals surface area contributed by atoms with E-state index >= 15 is 0 Å². The number of fused-ring (bicyclic) bond motifs is 1. The summed E-state index contributed by atoms with van der Waals surface area (Å²) in [5.74, 6) is -0.407. The Morgan fingerprint density at radius 3 is 2.59 bits per heavy atom. The maximum Gasteiger partial charge on any atom is 0.265 e. The maximum atomic E-state index is 12.4. The lowest BCUT2D eigenvalue weighted by atomic mass is 10.2. The Kier molecular flexibility index (Phi) is 4.63. The molecular formula is C19H15N5O2S. The number of nitrogens with one attached hydrogen (secondary N) is 2. The third-order valence-electron chi connectivity index (χ3n) is 3.86. The molecule has 0 aliphatic heterocycles. The molecule has 0 unspecified atom stereocenters. The number of amides is 2. The lowest BCUT2D eigenvalue weighted by Crippen LogP contribution is -2.19. The highest BCUT2D eigenvalue weighted by molar-refractivity contribution is 7.12. The smallest absolute Gasteiger partial charge is 0.265 e. The zero-order valence-corrected chi connectivity index (χ0v) is 14.9. The Bertz CT molecular complexity index is 1100. The van der Waals surface area contributed by atoms with Crippen molar-refractivity contribution < 1.29 is 9.59 Å². The second-order valence-corrected chi connectivity index (χ2v) is 6.74. The van der Waals surface area contributed by atoms with Crippen LogP contribution in [0.5, 0.6) is 0 Å². The fourth-order valence-corrected chi connectivity index (χ4v) is 3.26. The standard InChI is InChI=1S/C19H15N5O2S/c25-18(12-24-16-8-2-1-7-15(16)22-23-24)20-13-5-3-6-14(11-13)21-19(26)17-9-4-10-27-17/h1-11H,12H2,(H,20,25)(H,21,26). The summed E-state index contributed by atoms with van der Waals surface area (Å²) in [5.41, 5.74) is 2.74. The van der Waals surface area contributed by atoms with Gasteiger partial charge in [0.1, 0.15) is 12.1 Å². The summed E-state index contributed by atoms with van der Waals surface area (Å²) in [5, 5.41) is 15.5.